The van der Waals surface area contributed by atoms with Crippen molar-refractivity contribution in [1.82, 2.24) is 0 Å². The van der Waals surface area contributed by atoms with Gasteiger partial charge in [-0.1, -0.05) is 0 Å². The highest BCUT2D eigenvalue weighted by Crippen LogP contribution is 1.92. The minimum atomic E-state index is 0.166. The van der Waals surface area contributed by atoms with Crippen molar-refractivity contribution in [2.24, 2.45) is 0 Å². The van der Waals surface area contributed by atoms with Crippen LogP contribution in [-0.2, 0) is 14.2 Å². The molecule has 0 fully saturated rings. The fourth-order valence-electron chi connectivity index (χ4n) is 0.536. The number of hydrogen-bond donors (Lipinski definition) is 0. The molecule has 3 nitrogen and oxygen atoms in total. The Morgan fingerprint density at radius 1 is 0.909 bits per heavy atom. The minimum absolute atomic E-state index is 0.166. The summed E-state index contributed by atoms with van der Waals surface area (Å²) in [5.74, 6) is 0. The molecular weight excluding hydrogens is 144 g/mol. The fourth-order valence-corrected chi connectivity index (χ4v) is 0.536. The van der Waals surface area contributed by atoms with E-state index in [1.807, 2.05) is 13.8 Å². The van der Waals surface area contributed by atoms with E-state index < -0.39 is 0 Å². The third-order valence-electron chi connectivity index (χ3n) is 1.51. The molecular formula is C8H18O3. The van der Waals surface area contributed by atoms with E-state index >= 15 is 0 Å². The summed E-state index contributed by atoms with van der Waals surface area (Å²) in [4.78, 5) is 0. The van der Waals surface area contributed by atoms with Gasteiger partial charge in [0.15, 0.2) is 0 Å². The van der Waals surface area contributed by atoms with Crippen molar-refractivity contribution >= 4 is 0 Å². The van der Waals surface area contributed by atoms with Gasteiger partial charge in [-0.25, -0.2) is 0 Å². The summed E-state index contributed by atoms with van der Waals surface area (Å²) in [6.45, 7) is 5.20. The van der Waals surface area contributed by atoms with E-state index in [0.29, 0.717) is 13.2 Å². The van der Waals surface area contributed by atoms with Gasteiger partial charge in [-0.3, -0.25) is 0 Å². The molecule has 0 rings (SSSR count). The van der Waals surface area contributed by atoms with Crippen LogP contribution in [0.4, 0.5) is 0 Å². The molecule has 0 spiro atoms. The Kier molecular flexibility index (Phi) is 6.51. The van der Waals surface area contributed by atoms with Gasteiger partial charge in [0.1, 0.15) is 0 Å². The second kappa shape index (κ2) is 6.58. The molecule has 2 atom stereocenters. The second-order valence-electron chi connectivity index (χ2n) is 2.63. The average Bonchev–Trinajstić information content (AvgIpc) is 2.04. The van der Waals surface area contributed by atoms with E-state index in [2.05, 4.69) is 0 Å². The first-order chi connectivity index (χ1) is 5.20. The molecule has 0 radical (unpaired) electrons. The molecule has 0 bridgehead atoms. The highest BCUT2D eigenvalue weighted by molar-refractivity contribution is 4.48. The first kappa shape index (κ1) is 10.9. The Hall–Kier alpha value is -0.120. The lowest BCUT2D eigenvalue weighted by Gasteiger charge is -2.13. The van der Waals surface area contributed by atoms with E-state index in [-0.39, 0.29) is 12.2 Å². The maximum absolute atomic E-state index is 5.29. The molecule has 0 aromatic carbocycles. The predicted molar refractivity (Wildman–Crippen MR) is 43.8 cm³/mol. The zero-order valence-corrected chi connectivity index (χ0v) is 7.79. The summed E-state index contributed by atoms with van der Waals surface area (Å²) >= 11 is 0. The van der Waals surface area contributed by atoms with Gasteiger partial charge in [-0.2, -0.15) is 0 Å². The van der Waals surface area contributed by atoms with E-state index in [4.69, 9.17) is 14.2 Å². The van der Waals surface area contributed by atoms with E-state index in [9.17, 15) is 0 Å². The summed E-state index contributed by atoms with van der Waals surface area (Å²) in [5.41, 5.74) is 0. The number of methoxy groups -OCH3 is 2. The Morgan fingerprint density at radius 3 is 1.55 bits per heavy atom. The Morgan fingerprint density at radius 2 is 1.27 bits per heavy atom. The molecule has 0 N–H and O–H groups in total. The van der Waals surface area contributed by atoms with Crippen LogP contribution in [0.15, 0.2) is 0 Å². The van der Waals surface area contributed by atoms with Gasteiger partial charge in [0.25, 0.3) is 0 Å². The van der Waals surface area contributed by atoms with Crippen molar-refractivity contribution in [3.05, 3.63) is 0 Å². The molecule has 0 aromatic rings. The average molecular weight is 162 g/mol. The highest BCUT2D eigenvalue weighted by atomic mass is 16.5. The van der Waals surface area contributed by atoms with Crippen molar-refractivity contribution in [3.63, 3.8) is 0 Å². The topological polar surface area (TPSA) is 27.7 Å². The smallest absolute Gasteiger partial charge is 0.0776 e. The van der Waals surface area contributed by atoms with Gasteiger partial charge in [0.2, 0.25) is 0 Å². The Balaban J connectivity index is 3.13. The van der Waals surface area contributed by atoms with Crippen LogP contribution < -0.4 is 0 Å². The lowest BCUT2D eigenvalue weighted by atomic mass is 10.4. The van der Waals surface area contributed by atoms with Crippen molar-refractivity contribution in [2.45, 2.75) is 26.1 Å². The normalized spacial score (nSPS) is 16.4. The van der Waals surface area contributed by atoms with Crippen LogP contribution in [0.5, 0.6) is 0 Å². The van der Waals surface area contributed by atoms with Crippen molar-refractivity contribution in [1.29, 1.82) is 0 Å². The summed E-state index contributed by atoms with van der Waals surface area (Å²) in [6.07, 6.45) is 0.332. The summed E-state index contributed by atoms with van der Waals surface area (Å²) in [6, 6.07) is 0. The second-order valence-corrected chi connectivity index (χ2v) is 2.63. The SMILES string of the molecule is CO[C@H](C)COC[C@H](C)OC. The molecule has 3 heteroatoms. The molecule has 0 amide bonds. The van der Waals surface area contributed by atoms with E-state index in [1.54, 1.807) is 14.2 Å². The van der Waals surface area contributed by atoms with Gasteiger partial charge >= 0.3 is 0 Å². The molecule has 0 heterocycles. The lowest BCUT2D eigenvalue weighted by Crippen LogP contribution is -2.20. The number of rotatable bonds is 6. The van der Waals surface area contributed by atoms with E-state index in [1.165, 1.54) is 0 Å². The minimum Gasteiger partial charge on any atom is -0.379 e. The number of hydrogen-bond acceptors (Lipinski definition) is 3. The van der Waals surface area contributed by atoms with Crippen molar-refractivity contribution in [2.75, 3.05) is 27.4 Å². The molecule has 0 aromatic heterocycles. The van der Waals surface area contributed by atoms with Crippen LogP contribution in [0.3, 0.4) is 0 Å². The Bertz CT molecular complexity index is 75.4. The molecule has 0 aliphatic heterocycles. The molecule has 0 aliphatic carbocycles. The van der Waals surface area contributed by atoms with Crippen LogP contribution in [0.2, 0.25) is 0 Å². The first-order valence-electron chi connectivity index (χ1n) is 3.84. The maximum atomic E-state index is 5.29. The van der Waals surface area contributed by atoms with Gasteiger partial charge in [-0.15, -0.1) is 0 Å². The van der Waals surface area contributed by atoms with Gasteiger partial charge in [-0.05, 0) is 13.8 Å². The van der Waals surface area contributed by atoms with E-state index in [0.717, 1.165) is 0 Å². The molecule has 0 unspecified atom stereocenters. The largest absolute Gasteiger partial charge is 0.379 e. The quantitative estimate of drug-likeness (QED) is 0.584. The third kappa shape index (κ3) is 6.28. The zero-order chi connectivity index (χ0) is 8.69. The summed E-state index contributed by atoms with van der Waals surface area (Å²) in [5, 5.41) is 0. The van der Waals surface area contributed by atoms with Crippen molar-refractivity contribution in [3.8, 4) is 0 Å². The predicted octanol–water partition coefficient (Wildman–Crippen LogP) is 1.07. The van der Waals surface area contributed by atoms with Crippen LogP contribution in [0.25, 0.3) is 0 Å². The molecule has 11 heavy (non-hydrogen) atoms. The summed E-state index contributed by atoms with van der Waals surface area (Å²) in [7, 11) is 3.35. The van der Waals surface area contributed by atoms with Crippen LogP contribution in [0.1, 0.15) is 13.8 Å². The molecule has 68 valence electrons. The zero-order valence-electron chi connectivity index (χ0n) is 7.79. The van der Waals surface area contributed by atoms with Crippen LogP contribution in [0, 0.1) is 0 Å². The highest BCUT2D eigenvalue weighted by Gasteiger charge is 2.02. The third-order valence-corrected chi connectivity index (χ3v) is 1.51. The van der Waals surface area contributed by atoms with Crippen LogP contribution >= 0.6 is 0 Å². The van der Waals surface area contributed by atoms with Crippen LogP contribution in [-0.4, -0.2) is 39.6 Å². The number of ether oxygens (including phenoxy) is 3. The van der Waals surface area contributed by atoms with Gasteiger partial charge < -0.3 is 14.2 Å². The first-order valence-corrected chi connectivity index (χ1v) is 3.84. The molecule has 0 aliphatic rings. The van der Waals surface area contributed by atoms with Crippen molar-refractivity contribution < 1.29 is 14.2 Å². The standard InChI is InChI=1S/C8H18O3/c1-7(9-3)5-11-6-8(2)10-4/h7-8H,5-6H2,1-4H3/t7-,8+. The van der Waals surface area contributed by atoms with Gasteiger partial charge in [0.05, 0.1) is 25.4 Å². The fraction of sp³-hybridized carbons (Fsp3) is 1.00. The summed E-state index contributed by atoms with van der Waals surface area (Å²) < 4.78 is 15.3. The monoisotopic (exact) mass is 162 g/mol. The van der Waals surface area contributed by atoms with Gasteiger partial charge in [0, 0.05) is 14.2 Å². The lowest BCUT2D eigenvalue weighted by molar-refractivity contribution is -0.0237. The molecule has 0 saturated carbocycles. The maximum Gasteiger partial charge on any atom is 0.0776 e. The molecule has 0 saturated heterocycles. The Labute approximate surface area is 68.6 Å².